The number of ether oxygens (including phenoxy) is 1. The van der Waals surface area contributed by atoms with Crippen LogP contribution in [-0.4, -0.2) is 22.9 Å². The number of benzene rings is 1. The van der Waals surface area contributed by atoms with Gasteiger partial charge >= 0.3 is 5.69 Å². The fourth-order valence-corrected chi connectivity index (χ4v) is 2.39. The van der Waals surface area contributed by atoms with Crippen molar-refractivity contribution >= 4 is 22.6 Å². The second-order valence-electron chi connectivity index (χ2n) is 4.32. The highest BCUT2D eigenvalue weighted by molar-refractivity contribution is 6.32. The van der Waals surface area contributed by atoms with Gasteiger partial charge in [0.15, 0.2) is 0 Å². The van der Waals surface area contributed by atoms with Crippen LogP contribution in [0, 0.1) is 0 Å². The molecule has 1 unspecified atom stereocenters. The highest BCUT2D eigenvalue weighted by Crippen LogP contribution is 2.27. The van der Waals surface area contributed by atoms with E-state index in [2.05, 4.69) is 0 Å². The smallest absolute Gasteiger partial charge is 0.328 e. The molecule has 1 heterocycles. The summed E-state index contributed by atoms with van der Waals surface area (Å²) < 4.78 is 8.17. The summed E-state index contributed by atoms with van der Waals surface area (Å²) in [5.41, 5.74) is 8.29. The Bertz CT molecular complexity index is 645. The van der Waals surface area contributed by atoms with E-state index in [4.69, 9.17) is 22.1 Å². The standard InChI is InChI=1S/C12H16ClN3O2/c1-15-10-4-7(9(14)6-18-3)8(13)5-11(10)16(2)12(15)17/h4-5,9H,6,14H2,1-3H3. The van der Waals surface area contributed by atoms with Gasteiger partial charge in [0.25, 0.3) is 0 Å². The zero-order chi connectivity index (χ0) is 13.4. The lowest BCUT2D eigenvalue weighted by Crippen LogP contribution is -2.19. The number of fused-ring (bicyclic) bond motifs is 1. The second kappa shape index (κ2) is 4.76. The number of aryl methyl sites for hydroxylation is 2. The van der Waals surface area contributed by atoms with E-state index in [0.29, 0.717) is 11.6 Å². The summed E-state index contributed by atoms with van der Waals surface area (Å²) >= 11 is 6.21. The third kappa shape index (κ3) is 1.94. The Morgan fingerprint density at radius 2 is 1.89 bits per heavy atom. The van der Waals surface area contributed by atoms with Crippen molar-refractivity contribution in [3.63, 3.8) is 0 Å². The molecule has 1 atom stereocenters. The number of aromatic nitrogens is 2. The highest BCUT2D eigenvalue weighted by Gasteiger charge is 2.15. The fraction of sp³-hybridized carbons (Fsp3) is 0.417. The number of methoxy groups -OCH3 is 1. The Morgan fingerprint density at radius 1 is 1.33 bits per heavy atom. The third-order valence-electron chi connectivity index (χ3n) is 3.14. The molecule has 6 heteroatoms. The second-order valence-corrected chi connectivity index (χ2v) is 4.73. The van der Waals surface area contributed by atoms with Crippen LogP contribution in [0.5, 0.6) is 0 Å². The Kier molecular flexibility index (Phi) is 3.47. The number of hydrogen-bond acceptors (Lipinski definition) is 3. The van der Waals surface area contributed by atoms with Crippen LogP contribution in [0.1, 0.15) is 11.6 Å². The van der Waals surface area contributed by atoms with E-state index in [9.17, 15) is 4.79 Å². The molecule has 0 aliphatic heterocycles. The molecule has 18 heavy (non-hydrogen) atoms. The largest absolute Gasteiger partial charge is 0.383 e. The van der Waals surface area contributed by atoms with Crippen molar-refractivity contribution in [2.24, 2.45) is 19.8 Å². The van der Waals surface area contributed by atoms with Gasteiger partial charge in [0.05, 0.1) is 23.7 Å². The van der Waals surface area contributed by atoms with Gasteiger partial charge < -0.3 is 10.5 Å². The van der Waals surface area contributed by atoms with Gasteiger partial charge in [-0.15, -0.1) is 0 Å². The summed E-state index contributed by atoms with van der Waals surface area (Å²) in [4.78, 5) is 11.8. The predicted molar refractivity (Wildman–Crippen MR) is 72.0 cm³/mol. The van der Waals surface area contributed by atoms with Gasteiger partial charge in [0, 0.05) is 26.2 Å². The number of nitrogens with two attached hydrogens (primary N) is 1. The van der Waals surface area contributed by atoms with Crippen molar-refractivity contribution in [2.45, 2.75) is 6.04 Å². The van der Waals surface area contributed by atoms with Crippen LogP contribution >= 0.6 is 11.6 Å². The highest BCUT2D eigenvalue weighted by atomic mass is 35.5. The summed E-state index contributed by atoms with van der Waals surface area (Å²) in [6.07, 6.45) is 0. The summed E-state index contributed by atoms with van der Waals surface area (Å²) in [5, 5.41) is 0.549. The summed E-state index contributed by atoms with van der Waals surface area (Å²) in [6, 6.07) is 3.31. The molecular weight excluding hydrogens is 254 g/mol. The molecule has 5 nitrogen and oxygen atoms in total. The molecule has 98 valence electrons. The maximum Gasteiger partial charge on any atom is 0.328 e. The minimum atomic E-state index is -0.304. The Labute approximate surface area is 110 Å². The summed E-state index contributed by atoms with van der Waals surface area (Å²) in [7, 11) is 5.03. The zero-order valence-corrected chi connectivity index (χ0v) is 11.4. The van der Waals surface area contributed by atoms with Gasteiger partial charge in [-0.2, -0.15) is 0 Å². The van der Waals surface area contributed by atoms with Gasteiger partial charge in [-0.25, -0.2) is 4.79 Å². The molecule has 1 aromatic carbocycles. The number of halogens is 1. The molecule has 2 N–H and O–H groups in total. The SMILES string of the molecule is COCC(N)c1cc2c(cc1Cl)n(C)c(=O)n2C. The molecule has 0 saturated heterocycles. The van der Waals surface area contributed by atoms with Crippen LogP contribution in [-0.2, 0) is 18.8 Å². The molecule has 0 saturated carbocycles. The molecule has 1 aromatic heterocycles. The maximum absolute atomic E-state index is 11.8. The van der Waals surface area contributed by atoms with Crippen LogP contribution in [0.3, 0.4) is 0 Å². The quantitative estimate of drug-likeness (QED) is 0.910. The van der Waals surface area contributed by atoms with Crippen LogP contribution in [0.25, 0.3) is 11.0 Å². The maximum atomic E-state index is 11.8. The van der Waals surface area contributed by atoms with E-state index in [1.807, 2.05) is 6.07 Å². The minimum absolute atomic E-state index is 0.0847. The number of hydrogen-bond donors (Lipinski definition) is 1. The van der Waals surface area contributed by atoms with Crippen molar-refractivity contribution in [3.05, 3.63) is 33.2 Å². The first-order valence-electron chi connectivity index (χ1n) is 5.56. The first-order valence-corrected chi connectivity index (χ1v) is 5.94. The van der Waals surface area contributed by atoms with Gasteiger partial charge in [0.1, 0.15) is 0 Å². The molecule has 0 amide bonds. The number of imidazole rings is 1. The molecule has 2 aromatic rings. The first kappa shape index (κ1) is 13.1. The van der Waals surface area contributed by atoms with Gasteiger partial charge in [-0.1, -0.05) is 11.6 Å². The van der Waals surface area contributed by atoms with E-state index >= 15 is 0 Å². The lowest BCUT2D eigenvalue weighted by molar-refractivity contribution is 0.181. The third-order valence-corrected chi connectivity index (χ3v) is 3.46. The lowest BCUT2D eigenvalue weighted by Gasteiger charge is -2.13. The van der Waals surface area contributed by atoms with E-state index in [1.165, 1.54) is 0 Å². The monoisotopic (exact) mass is 269 g/mol. The molecule has 0 fully saturated rings. The molecule has 0 bridgehead atoms. The Hall–Kier alpha value is -1.30. The predicted octanol–water partition coefficient (Wildman–Crippen LogP) is 1.18. The Morgan fingerprint density at radius 3 is 2.44 bits per heavy atom. The summed E-state index contributed by atoms with van der Waals surface area (Å²) in [5.74, 6) is 0. The molecule has 0 aliphatic carbocycles. The van der Waals surface area contributed by atoms with Crippen molar-refractivity contribution in [2.75, 3.05) is 13.7 Å². The molecular formula is C12H16ClN3O2. The van der Waals surface area contributed by atoms with Gasteiger partial charge in [0.2, 0.25) is 0 Å². The van der Waals surface area contributed by atoms with Gasteiger partial charge in [-0.3, -0.25) is 9.13 Å². The van der Waals surface area contributed by atoms with Crippen LogP contribution < -0.4 is 11.4 Å². The average Bonchev–Trinajstić information content (AvgIpc) is 2.54. The van der Waals surface area contributed by atoms with E-state index < -0.39 is 0 Å². The van der Waals surface area contributed by atoms with Gasteiger partial charge in [-0.05, 0) is 17.7 Å². The van der Waals surface area contributed by atoms with Crippen molar-refractivity contribution in [1.82, 2.24) is 9.13 Å². The van der Waals surface area contributed by atoms with Crippen LogP contribution in [0.15, 0.2) is 16.9 Å². The summed E-state index contributed by atoms with van der Waals surface area (Å²) in [6.45, 7) is 0.381. The van der Waals surface area contributed by atoms with Crippen molar-refractivity contribution < 1.29 is 4.74 Å². The zero-order valence-electron chi connectivity index (χ0n) is 10.6. The van der Waals surface area contributed by atoms with Crippen LogP contribution in [0.2, 0.25) is 5.02 Å². The topological polar surface area (TPSA) is 62.2 Å². The molecule has 0 radical (unpaired) electrons. The van der Waals surface area contributed by atoms with E-state index in [0.717, 1.165) is 16.6 Å². The van der Waals surface area contributed by atoms with Crippen LogP contribution in [0.4, 0.5) is 0 Å². The number of nitrogens with zero attached hydrogens (tertiary/aromatic N) is 2. The number of rotatable bonds is 3. The average molecular weight is 270 g/mol. The fourth-order valence-electron chi connectivity index (χ4n) is 2.09. The van der Waals surface area contributed by atoms with Crippen molar-refractivity contribution in [1.29, 1.82) is 0 Å². The molecule has 0 spiro atoms. The molecule has 0 aliphatic rings. The minimum Gasteiger partial charge on any atom is -0.383 e. The van der Waals surface area contributed by atoms with E-state index in [1.54, 1.807) is 36.4 Å². The first-order chi connectivity index (χ1) is 8.47. The van der Waals surface area contributed by atoms with Crippen molar-refractivity contribution in [3.8, 4) is 0 Å². The molecule has 2 rings (SSSR count). The van der Waals surface area contributed by atoms with E-state index in [-0.39, 0.29) is 11.7 Å². The lowest BCUT2D eigenvalue weighted by atomic mass is 10.1. The normalized spacial score (nSPS) is 13.2. The Balaban J connectivity index is 2.68.